The van der Waals surface area contributed by atoms with Crippen molar-refractivity contribution < 1.29 is 0 Å². The molecule has 1 aromatic heterocycles. The summed E-state index contributed by atoms with van der Waals surface area (Å²) in [6.45, 7) is 3.65. The van der Waals surface area contributed by atoms with Crippen LogP contribution in [0.5, 0.6) is 0 Å². The molecular formula is C8H9NSi. The monoisotopic (exact) mass is 147 g/mol. The van der Waals surface area contributed by atoms with Gasteiger partial charge >= 0.3 is 0 Å². The zero-order valence-corrected chi connectivity index (χ0v) is 6.75. The molecule has 10 heavy (non-hydrogen) atoms. The number of hydrogen-bond donors (Lipinski definition) is 0. The van der Waals surface area contributed by atoms with E-state index in [0.717, 1.165) is 15.6 Å². The van der Waals surface area contributed by atoms with Crippen LogP contribution in [0.25, 0.3) is 0 Å². The maximum Gasteiger partial charge on any atom is 0.112 e. The Morgan fingerprint density at radius 1 is 1.60 bits per heavy atom. The molecule has 0 aromatic carbocycles. The molecule has 1 nitrogen and oxygen atoms in total. The topological polar surface area (TPSA) is 12.9 Å². The van der Waals surface area contributed by atoms with Gasteiger partial charge in [-0.25, -0.2) is 0 Å². The molecule has 1 aromatic rings. The van der Waals surface area contributed by atoms with Gasteiger partial charge in [0.1, 0.15) is 9.52 Å². The summed E-state index contributed by atoms with van der Waals surface area (Å²) in [6, 6.07) is 7.03. The molecule has 0 fully saturated rings. The van der Waals surface area contributed by atoms with Crippen molar-refractivity contribution >= 4 is 14.8 Å². The van der Waals surface area contributed by atoms with Crippen molar-refractivity contribution in [3.63, 3.8) is 0 Å². The van der Waals surface area contributed by atoms with Crippen molar-refractivity contribution in [3.05, 3.63) is 37.1 Å². The first-order valence-electron chi connectivity index (χ1n) is 3.19. The van der Waals surface area contributed by atoms with Crippen molar-refractivity contribution in [3.8, 4) is 0 Å². The predicted octanol–water partition coefficient (Wildman–Crippen LogP) is 1.02. The fourth-order valence-corrected chi connectivity index (χ4v) is 1.38. The fraction of sp³-hybridized carbons (Fsp3) is 0.125. The van der Waals surface area contributed by atoms with E-state index in [1.54, 1.807) is 0 Å². The third-order valence-electron chi connectivity index (χ3n) is 1.09. The molecule has 0 amide bonds. The van der Waals surface area contributed by atoms with Gasteiger partial charge in [-0.2, -0.15) is 0 Å². The van der Waals surface area contributed by atoms with Gasteiger partial charge in [-0.15, -0.1) is 6.58 Å². The molecule has 0 aliphatic carbocycles. The van der Waals surface area contributed by atoms with Gasteiger partial charge in [-0.05, 0) is 18.2 Å². The van der Waals surface area contributed by atoms with E-state index in [2.05, 4.69) is 11.6 Å². The Morgan fingerprint density at radius 3 is 3.10 bits per heavy atom. The molecular weight excluding hydrogens is 138 g/mol. The highest BCUT2D eigenvalue weighted by molar-refractivity contribution is 6.52. The molecule has 2 heteroatoms. The van der Waals surface area contributed by atoms with E-state index >= 15 is 0 Å². The summed E-state index contributed by atoms with van der Waals surface area (Å²) in [6.07, 6.45) is 3.75. The second kappa shape index (κ2) is 4.01. The van der Waals surface area contributed by atoms with Gasteiger partial charge in [0.05, 0.1) is 0 Å². The Hall–Kier alpha value is -0.893. The van der Waals surface area contributed by atoms with E-state index in [4.69, 9.17) is 0 Å². The molecule has 1 heterocycles. The summed E-state index contributed by atoms with van der Waals surface area (Å²) >= 11 is 0. The summed E-state index contributed by atoms with van der Waals surface area (Å²) in [4.78, 5) is 4.18. The van der Waals surface area contributed by atoms with Crippen LogP contribution in [-0.2, 0) is 0 Å². The molecule has 0 atom stereocenters. The first kappa shape index (κ1) is 7.22. The summed E-state index contributed by atoms with van der Waals surface area (Å²) in [5.74, 6) is 0. The molecule has 2 radical (unpaired) electrons. The van der Waals surface area contributed by atoms with E-state index in [-0.39, 0.29) is 0 Å². The van der Waals surface area contributed by atoms with E-state index < -0.39 is 0 Å². The molecule has 0 spiro atoms. The second-order valence-electron chi connectivity index (χ2n) is 1.88. The molecule has 0 unspecified atom stereocenters. The highest BCUT2D eigenvalue weighted by Crippen LogP contribution is 1.80. The molecule has 0 saturated heterocycles. The number of aromatic nitrogens is 1. The summed E-state index contributed by atoms with van der Waals surface area (Å²) in [5.41, 5.74) is 0. The van der Waals surface area contributed by atoms with Crippen molar-refractivity contribution in [2.75, 3.05) is 0 Å². The molecule has 0 aliphatic rings. The lowest BCUT2D eigenvalue weighted by Gasteiger charge is -1.92. The van der Waals surface area contributed by atoms with Crippen LogP contribution in [-0.4, -0.2) is 14.5 Å². The average molecular weight is 147 g/mol. The number of allylic oxidation sites excluding steroid dienone is 1. The van der Waals surface area contributed by atoms with Gasteiger partial charge < -0.3 is 0 Å². The summed E-state index contributed by atoms with van der Waals surface area (Å²) in [5, 5.41) is 1.17. The highest BCUT2D eigenvalue weighted by atomic mass is 28.2. The van der Waals surface area contributed by atoms with Gasteiger partial charge in [-0.3, -0.25) is 4.98 Å². The first-order valence-corrected chi connectivity index (χ1v) is 4.40. The summed E-state index contributed by atoms with van der Waals surface area (Å²) in [7, 11) is 0.775. The Balaban J connectivity index is 2.50. The number of hydrogen-bond acceptors (Lipinski definition) is 1. The Bertz CT molecular complexity index is 196. The van der Waals surface area contributed by atoms with E-state index in [9.17, 15) is 0 Å². The van der Waals surface area contributed by atoms with Crippen LogP contribution in [0, 0.1) is 0 Å². The van der Waals surface area contributed by atoms with Crippen LogP contribution < -0.4 is 5.32 Å². The van der Waals surface area contributed by atoms with Gasteiger partial charge in [-0.1, -0.05) is 12.1 Å². The Morgan fingerprint density at radius 2 is 2.50 bits per heavy atom. The summed E-state index contributed by atoms with van der Waals surface area (Å²) < 4.78 is 0. The molecule has 0 aliphatic heterocycles. The van der Waals surface area contributed by atoms with Crippen LogP contribution >= 0.6 is 0 Å². The Kier molecular flexibility index (Phi) is 2.89. The molecule has 0 saturated carbocycles. The van der Waals surface area contributed by atoms with Crippen molar-refractivity contribution in [2.24, 2.45) is 0 Å². The normalized spacial score (nSPS) is 9.20. The minimum absolute atomic E-state index is 0.775. The van der Waals surface area contributed by atoms with Crippen molar-refractivity contribution in [2.45, 2.75) is 6.04 Å². The van der Waals surface area contributed by atoms with Gasteiger partial charge in [0.2, 0.25) is 0 Å². The van der Waals surface area contributed by atoms with Crippen LogP contribution in [0.2, 0.25) is 6.04 Å². The maximum absolute atomic E-state index is 4.18. The average Bonchev–Trinajstić information content (AvgIpc) is 2.03. The minimum atomic E-state index is 0.775. The fourth-order valence-electron chi connectivity index (χ4n) is 0.644. The van der Waals surface area contributed by atoms with Gasteiger partial charge in [0, 0.05) is 11.5 Å². The number of nitrogens with zero attached hydrogens (tertiary/aromatic N) is 1. The third kappa shape index (κ3) is 2.15. The third-order valence-corrected chi connectivity index (χ3v) is 2.24. The smallest absolute Gasteiger partial charge is 0.112 e. The molecule has 50 valence electrons. The standard InChI is InChI=1S/C8H9NSi/c1-2-7-10-8-5-3-4-6-9-8/h2-6H,1,7H2. The van der Waals surface area contributed by atoms with Crippen LogP contribution in [0.4, 0.5) is 0 Å². The SMILES string of the molecule is C=CC[Si]c1ccccn1. The van der Waals surface area contributed by atoms with Crippen LogP contribution in [0.1, 0.15) is 0 Å². The first-order chi connectivity index (χ1) is 4.93. The van der Waals surface area contributed by atoms with Gasteiger partial charge in [0.25, 0.3) is 0 Å². The number of rotatable bonds is 3. The van der Waals surface area contributed by atoms with Crippen molar-refractivity contribution in [1.82, 2.24) is 4.98 Å². The van der Waals surface area contributed by atoms with E-state index in [1.165, 1.54) is 5.32 Å². The van der Waals surface area contributed by atoms with E-state index in [0.29, 0.717) is 0 Å². The lowest BCUT2D eigenvalue weighted by atomic mass is 10.5. The minimum Gasteiger partial charge on any atom is -0.267 e. The molecule has 0 bridgehead atoms. The zero-order chi connectivity index (χ0) is 7.23. The molecule has 0 N–H and O–H groups in total. The lowest BCUT2D eigenvalue weighted by Crippen LogP contribution is -2.15. The van der Waals surface area contributed by atoms with Crippen LogP contribution in [0.15, 0.2) is 37.1 Å². The largest absolute Gasteiger partial charge is 0.267 e. The van der Waals surface area contributed by atoms with Crippen molar-refractivity contribution in [1.29, 1.82) is 0 Å². The molecule has 1 rings (SSSR count). The Labute approximate surface area is 63.6 Å². The maximum atomic E-state index is 4.18. The second-order valence-corrected chi connectivity index (χ2v) is 3.16. The van der Waals surface area contributed by atoms with Crippen LogP contribution in [0.3, 0.4) is 0 Å². The lowest BCUT2D eigenvalue weighted by molar-refractivity contribution is 1.38. The predicted molar refractivity (Wildman–Crippen MR) is 44.6 cm³/mol. The highest BCUT2D eigenvalue weighted by Gasteiger charge is 1.89. The number of pyridine rings is 1. The van der Waals surface area contributed by atoms with Gasteiger partial charge in [0.15, 0.2) is 0 Å². The van der Waals surface area contributed by atoms with E-state index in [1.807, 2.05) is 30.5 Å². The zero-order valence-electron chi connectivity index (χ0n) is 5.75. The quantitative estimate of drug-likeness (QED) is 0.459.